The van der Waals surface area contributed by atoms with E-state index in [0.717, 1.165) is 40.7 Å². The average molecular weight is 863 g/mol. The molecule has 64 heavy (non-hydrogen) atoms. The molecule has 6 aromatic carbocycles. The van der Waals surface area contributed by atoms with E-state index >= 15 is 0 Å². The Morgan fingerprint density at radius 3 is 1.56 bits per heavy atom. The highest BCUT2D eigenvalue weighted by Crippen LogP contribution is 2.37. The monoisotopic (exact) mass is 862 g/mol. The van der Waals surface area contributed by atoms with Crippen LogP contribution in [0.4, 0.5) is 0 Å². The fourth-order valence-corrected chi connectivity index (χ4v) is 7.50. The van der Waals surface area contributed by atoms with Crippen molar-refractivity contribution in [2.75, 3.05) is 13.2 Å². The highest BCUT2D eigenvalue weighted by Gasteiger charge is 2.50. The second kappa shape index (κ2) is 22.9. The minimum Gasteiger partial charge on any atom is -0.484 e. The molecule has 0 unspecified atom stereocenters. The molecule has 330 valence electrons. The van der Waals surface area contributed by atoms with Crippen molar-refractivity contribution in [3.05, 3.63) is 208 Å². The maximum absolute atomic E-state index is 13.6. The van der Waals surface area contributed by atoms with Crippen LogP contribution in [-0.2, 0) is 56.7 Å². The van der Waals surface area contributed by atoms with Crippen LogP contribution in [0.1, 0.15) is 47.6 Å². The van der Waals surface area contributed by atoms with Crippen molar-refractivity contribution in [3.63, 3.8) is 0 Å². The Morgan fingerprint density at radius 2 is 1.02 bits per heavy atom. The number of rotatable bonds is 22. The summed E-state index contributed by atoms with van der Waals surface area (Å²) < 4.78 is 58.9. The Hall–Kier alpha value is -6.27. The van der Waals surface area contributed by atoms with Crippen LogP contribution in [0.2, 0.25) is 0 Å². The van der Waals surface area contributed by atoms with Gasteiger partial charge in [-0.15, -0.1) is 0 Å². The molecule has 1 fully saturated rings. The quantitative estimate of drug-likeness (QED) is 0.0483. The summed E-state index contributed by atoms with van der Waals surface area (Å²) in [4.78, 5) is 13.6. The summed E-state index contributed by atoms with van der Waals surface area (Å²) in [5.41, 5.74) is 4.52. The lowest BCUT2D eigenvalue weighted by atomic mass is 9.97. The largest absolute Gasteiger partial charge is 0.484 e. The third kappa shape index (κ3) is 12.0. The molecule has 0 N–H and O–H groups in total. The van der Waals surface area contributed by atoms with Crippen molar-refractivity contribution >= 4 is 11.0 Å². The summed E-state index contributed by atoms with van der Waals surface area (Å²) in [6.45, 7) is 3.99. The summed E-state index contributed by atoms with van der Waals surface area (Å²) in [6.07, 6.45) is -2.17. The van der Waals surface area contributed by atoms with E-state index in [1.165, 1.54) is 0 Å². The minimum absolute atomic E-state index is 0.0360. The third-order valence-electron chi connectivity index (χ3n) is 10.9. The van der Waals surface area contributed by atoms with Crippen molar-refractivity contribution in [3.8, 4) is 17.2 Å². The molecule has 0 amide bonds. The molecule has 10 heteroatoms. The van der Waals surface area contributed by atoms with Gasteiger partial charge < -0.3 is 42.3 Å². The van der Waals surface area contributed by atoms with Crippen LogP contribution >= 0.6 is 0 Å². The Morgan fingerprint density at radius 1 is 0.516 bits per heavy atom. The minimum atomic E-state index is -1.03. The molecule has 2 heterocycles. The van der Waals surface area contributed by atoms with Gasteiger partial charge in [0.1, 0.15) is 42.4 Å². The van der Waals surface area contributed by atoms with E-state index in [0.29, 0.717) is 36.7 Å². The molecule has 1 aliphatic heterocycles. The van der Waals surface area contributed by atoms with Crippen molar-refractivity contribution in [2.24, 2.45) is 0 Å². The van der Waals surface area contributed by atoms with Gasteiger partial charge in [0.25, 0.3) is 0 Å². The molecular formula is C54H54O10. The summed E-state index contributed by atoms with van der Waals surface area (Å²) in [7, 11) is 0. The second-order valence-electron chi connectivity index (χ2n) is 15.6. The number of benzene rings is 6. The van der Waals surface area contributed by atoms with Crippen molar-refractivity contribution < 1.29 is 42.3 Å². The first-order valence-electron chi connectivity index (χ1n) is 21.9. The highest BCUT2D eigenvalue weighted by atomic mass is 16.7. The average Bonchev–Trinajstić information content (AvgIpc) is 3.34. The lowest BCUT2D eigenvalue weighted by Crippen LogP contribution is -2.62. The van der Waals surface area contributed by atoms with Crippen LogP contribution in [0.25, 0.3) is 11.0 Å². The maximum Gasteiger partial charge on any atom is 0.383 e. The second-order valence-corrected chi connectivity index (χ2v) is 15.6. The fraction of sp³-hybridized carbons (Fsp3) is 0.278. The molecule has 0 aliphatic carbocycles. The summed E-state index contributed by atoms with van der Waals surface area (Å²) in [6, 6.07) is 54.9. The first-order valence-corrected chi connectivity index (χ1v) is 21.9. The SMILES string of the molecule is CCCCOc1c(OCc2ccccc2)c2ccc(O[C@@H]3O[C@H](COCc4ccccc4)[C@@H](OCc4ccccc4)[C@H](OCc4ccccc4)[C@H]3OCc3ccccc3)cc2oc1=O. The molecule has 5 atom stereocenters. The zero-order chi connectivity index (χ0) is 43.8. The van der Waals surface area contributed by atoms with E-state index in [1.807, 2.05) is 152 Å². The molecule has 10 nitrogen and oxygen atoms in total. The zero-order valence-electron chi connectivity index (χ0n) is 36.0. The van der Waals surface area contributed by atoms with Gasteiger partial charge in [0, 0.05) is 6.07 Å². The number of hydrogen-bond donors (Lipinski definition) is 0. The van der Waals surface area contributed by atoms with Gasteiger partial charge in [0.2, 0.25) is 12.0 Å². The fourth-order valence-electron chi connectivity index (χ4n) is 7.50. The van der Waals surface area contributed by atoms with Crippen LogP contribution < -0.4 is 19.8 Å². The van der Waals surface area contributed by atoms with E-state index in [-0.39, 0.29) is 37.8 Å². The molecule has 1 aliphatic rings. The summed E-state index contributed by atoms with van der Waals surface area (Å²) >= 11 is 0. The van der Waals surface area contributed by atoms with Gasteiger partial charge in [-0.25, -0.2) is 4.79 Å². The lowest BCUT2D eigenvalue weighted by Gasteiger charge is -2.45. The van der Waals surface area contributed by atoms with E-state index in [2.05, 4.69) is 6.92 Å². The van der Waals surface area contributed by atoms with Gasteiger partial charge in [-0.2, -0.15) is 0 Å². The van der Waals surface area contributed by atoms with Gasteiger partial charge in [-0.05, 0) is 46.4 Å². The molecule has 7 aromatic rings. The van der Waals surface area contributed by atoms with E-state index in [1.54, 1.807) is 18.2 Å². The van der Waals surface area contributed by atoms with Crippen LogP contribution in [0, 0.1) is 0 Å². The summed E-state index contributed by atoms with van der Waals surface area (Å²) in [5.74, 6) is 0.713. The molecule has 1 aromatic heterocycles. The molecule has 0 radical (unpaired) electrons. The molecule has 0 spiro atoms. The zero-order valence-corrected chi connectivity index (χ0v) is 36.0. The number of unbranched alkanes of at least 4 members (excludes halogenated alkanes) is 1. The third-order valence-corrected chi connectivity index (χ3v) is 10.9. The lowest BCUT2D eigenvalue weighted by molar-refractivity contribution is -0.310. The molecule has 8 rings (SSSR count). The maximum atomic E-state index is 13.6. The van der Waals surface area contributed by atoms with Gasteiger partial charge in [0.15, 0.2) is 5.75 Å². The smallest absolute Gasteiger partial charge is 0.383 e. The Balaban J connectivity index is 1.15. The van der Waals surface area contributed by atoms with Crippen LogP contribution in [0.5, 0.6) is 17.2 Å². The van der Waals surface area contributed by atoms with E-state index < -0.39 is 36.3 Å². The summed E-state index contributed by atoms with van der Waals surface area (Å²) in [5, 5.41) is 0.557. The topological polar surface area (TPSA) is 104 Å². The Labute approximate surface area is 374 Å². The predicted molar refractivity (Wildman–Crippen MR) is 244 cm³/mol. The van der Waals surface area contributed by atoms with Gasteiger partial charge in [-0.1, -0.05) is 165 Å². The first kappa shape index (κ1) is 44.3. The number of ether oxygens (including phenoxy) is 8. The van der Waals surface area contributed by atoms with Crippen molar-refractivity contribution in [1.82, 2.24) is 0 Å². The highest BCUT2D eigenvalue weighted by molar-refractivity contribution is 5.86. The molecule has 0 bridgehead atoms. The Bertz CT molecular complexity index is 2500. The molecule has 1 saturated heterocycles. The number of fused-ring (bicyclic) bond motifs is 1. The molecular weight excluding hydrogens is 809 g/mol. The van der Waals surface area contributed by atoms with Gasteiger partial charge >= 0.3 is 5.63 Å². The molecule has 0 saturated carbocycles. The standard InChI is InChI=1S/C54H54O10/c1-2-3-31-57-51-48(58-34-40-21-11-5-12-22-40)45-30-29-44(32-46(45)63-53(51)55)62-54-52(61-37-43-27-17-8-18-28-43)50(60-36-42-25-15-7-16-26-42)49(59-35-41-23-13-6-14-24-41)47(64-54)38-56-33-39-19-9-4-10-20-39/h4-30,32,47,49-50,52,54H,2-3,31,33-38H2,1H3/t47-,49-,50+,52-,54-/m1/s1. The van der Waals surface area contributed by atoms with Crippen molar-refractivity contribution in [2.45, 2.75) is 83.5 Å². The van der Waals surface area contributed by atoms with Crippen LogP contribution in [0.3, 0.4) is 0 Å². The van der Waals surface area contributed by atoms with Crippen LogP contribution in [0.15, 0.2) is 179 Å². The van der Waals surface area contributed by atoms with Crippen LogP contribution in [-0.4, -0.2) is 43.9 Å². The predicted octanol–water partition coefficient (Wildman–Crippen LogP) is 10.6. The normalized spacial score (nSPS) is 18.4. The number of hydrogen-bond acceptors (Lipinski definition) is 10. The van der Waals surface area contributed by atoms with Gasteiger partial charge in [0.05, 0.1) is 45.0 Å². The van der Waals surface area contributed by atoms with E-state index in [4.69, 9.17) is 42.3 Å². The Kier molecular flexibility index (Phi) is 15.9. The van der Waals surface area contributed by atoms with Crippen molar-refractivity contribution in [1.29, 1.82) is 0 Å². The van der Waals surface area contributed by atoms with Gasteiger partial charge in [-0.3, -0.25) is 0 Å². The van der Waals surface area contributed by atoms with E-state index in [9.17, 15) is 4.79 Å². The first-order chi connectivity index (χ1) is 31.6.